The lowest BCUT2D eigenvalue weighted by Gasteiger charge is -2.39. The second-order valence-electron chi connectivity index (χ2n) is 8.46. The Morgan fingerprint density at radius 3 is 2.29 bits per heavy atom. The van der Waals surface area contributed by atoms with Crippen molar-refractivity contribution in [2.45, 2.75) is 12.8 Å². The summed E-state index contributed by atoms with van der Waals surface area (Å²) < 4.78 is 5.55. The summed E-state index contributed by atoms with van der Waals surface area (Å²) in [6.07, 6.45) is 1.25. The Morgan fingerprint density at radius 2 is 1.65 bits per heavy atom. The molecule has 0 saturated carbocycles. The maximum Gasteiger partial charge on any atom is 0.294 e. The van der Waals surface area contributed by atoms with Gasteiger partial charge in [0.25, 0.3) is 11.6 Å². The zero-order valence-electron chi connectivity index (χ0n) is 18.8. The first-order valence-corrected chi connectivity index (χ1v) is 11.7. The summed E-state index contributed by atoms with van der Waals surface area (Å²) >= 11 is 5.92. The third-order valence-corrected chi connectivity index (χ3v) is 6.60. The van der Waals surface area contributed by atoms with Crippen LogP contribution in [-0.2, 0) is 9.59 Å². The number of likely N-dealkylation sites (tertiary alicyclic amines) is 1. The molecule has 9 nitrogen and oxygen atoms in total. The molecule has 0 unspecified atom stereocenters. The number of benzene rings is 2. The van der Waals surface area contributed by atoms with E-state index in [0.29, 0.717) is 68.6 Å². The van der Waals surface area contributed by atoms with Gasteiger partial charge in [0.15, 0.2) is 6.61 Å². The van der Waals surface area contributed by atoms with Gasteiger partial charge in [-0.05, 0) is 37.1 Å². The number of nitro groups is 1. The fourth-order valence-electron chi connectivity index (χ4n) is 4.47. The Morgan fingerprint density at radius 1 is 0.971 bits per heavy atom. The lowest BCUT2D eigenvalue weighted by Crippen LogP contribution is -2.52. The molecule has 10 heteroatoms. The summed E-state index contributed by atoms with van der Waals surface area (Å²) in [5, 5.41) is 11.7. The highest BCUT2D eigenvalue weighted by Gasteiger charge is 2.32. The van der Waals surface area contributed by atoms with E-state index in [1.54, 1.807) is 17.0 Å². The molecule has 0 aromatic heterocycles. The molecule has 0 N–H and O–H groups in total. The van der Waals surface area contributed by atoms with E-state index in [0.717, 1.165) is 0 Å². The predicted octanol–water partition coefficient (Wildman–Crippen LogP) is 3.21. The topological polar surface area (TPSA) is 96.2 Å². The van der Waals surface area contributed by atoms with E-state index in [9.17, 15) is 19.7 Å². The summed E-state index contributed by atoms with van der Waals surface area (Å²) in [6.45, 7) is 3.09. The second-order valence-corrected chi connectivity index (χ2v) is 8.90. The Hall–Kier alpha value is -3.33. The van der Waals surface area contributed by atoms with Crippen LogP contribution in [0.4, 0.5) is 11.4 Å². The number of hydrogen-bond donors (Lipinski definition) is 0. The molecule has 0 atom stereocenters. The summed E-state index contributed by atoms with van der Waals surface area (Å²) in [5.74, 6) is 0.560. The molecule has 2 aliphatic rings. The normalized spacial score (nSPS) is 16.9. The highest BCUT2D eigenvalue weighted by Crippen LogP contribution is 2.32. The zero-order valence-corrected chi connectivity index (χ0v) is 19.5. The Labute approximate surface area is 203 Å². The number of hydrogen-bond acceptors (Lipinski definition) is 6. The van der Waals surface area contributed by atoms with Gasteiger partial charge >= 0.3 is 0 Å². The smallest absolute Gasteiger partial charge is 0.294 e. The van der Waals surface area contributed by atoms with Crippen molar-refractivity contribution in [3.05, 3.63) is 63.7 Å². The lowest BCUT2D eigenvalue weighted by molar-refractivity contribution is -0.384. The van der Waals surface area contributed by atoms with E-state index in [1.807, 2.05) is 40.1 Å². The van der Waals surface area contributed by atoms with Crippen LogP contribution in [0.2, 0.25) is 5.02 Å². The van der Waals surface area contributed by atoms with Gasteiger partial charge in [-0.25, -0.2) is 0 Å². The van der Waals surface area contributed by atoms with Crippen molar-refractivity contribution in [3.8, 4) is 5.75 Å². The van der Waals surface area contributed by atoms with Crippen molar-refractivity contribution >= 4 is 34.8 Å². The average molecular weight is 487 g/mol. The number of anilines is 1. The van der Waals surface area contributed by atoms with Crippen molar-refractivity contribution in [2.24, 2.45) is 5.92 Å². The largest absolute Gasteiger partial charge is 0.484 e. The standard InChI is InChI=1S/C24H27ClN4O5/c25-19-6-7-21(22(16-19)29(32)33)26-12-14-28(15-13-26)24(31)18-8-10-27(11-9-18)23(30)17-34-20-4-2-1-3-5-20/h1-7,16,18H,8-15,17H2. The molecule has 0 bridgehead atoms. The quantitative estimate of drug-likeness (QED) is 0.459. The van der Waals surface area contributed by atoms with Gasteiger partial charge in [-0.15, -0.1) is 0 Å². The molecule has 0 radical (unpaired) electrons. The van der Waals surface area contributed by atoms with Gasteiger partial charge in [0, 0.05) is 56.3 Å². The summed E-state index contributed by atoms with van der Waals surface area (Å²) in [4.78, 5) is 42.0. The molecule has 0 aliphatic carbocycles. The number of carbonyl (C=O) groups excluding carboxylic acids is 2. The van der Waals surface area contributed by atoms with Crippen LogP contribution in [0, 0.1) is 16.0 Å². The third kappa shape index (κ3) is 5.59. The van der Waals surface area contributed by atoms with Crippen molar-refractivity contribution < 1.29 is 19.2 Å². The SMILES string of the molecule is O=C(COc1ccccc1)N1CCC(C(=O)N2CCN(c3ccc(Cl)cc3[N+](=O)[O-])CC2)CC1. The first-order valence-electron chi connectivity index (χ1n) is 11.4. The van der Waals surface area contributed by atoms with Crippen LogP contribution in [0.5, 0.6) is 5.75 Å². The van der Waals surface area contributed by atoms with E-state index >= 15 is 0 Å². The Kier molecular flexibility index (Phi) is 7.52. The van der Waals surface area contributed by atoms with Crippen molar-refractivity contribution in [1.29, 1.82) is 0 Å². The molecule has 2 aromatic rings. The maximum atomic E-state index is 13.1. The minimum absolute atomic E-state index is 0.0125. The molecule has 2 aliphatic heterocycles. The van der Waals surface area contributed by atoms with Crippen LogP contribution < -0.4 is 9.64 Å². The maximum absolute atomic E-state index is 13.1. The highest BCUT2D eigenvalue weighted by atomic mass is 35.5. The summed E-state index contributed by atoms with van der Waals surface area (Å²) in [7, 11) is 0. The predicted molar refractivity (Wildman–Crippen MR) is 128 cm³/mol. The lowest BCUT2D eigenvalue weighted by atomic mass is 9.95. The van der Waals surface area contributed by atoms with E-state index in [-0.39, 0.29) is 30.0 Å². The molecular formula is C24H27ClN4O5. The van der Waals surface area contributed by atoms with E-state index in [1.165, 1.54) is 6.07 Å². The molecule has 2 amide bonds. The highest BCUT2D eigenvalue weighted by molar-refractivity contribution is 6.30. The average Bonchev–Trinajstić information content (AvgIpc) is 2.87. The number of amides is 2. The number of piperazine rings is 1. The van der Waals surface area contributed by atoms with Crippen LogP contribution in [0.1, 0.15) is 12.8 Å². The summed E-state index contributed by atoms with van der Waals surface area (Å²) in [6, 6.07) is 13.9. The molecule has 2 fully saturated rings. The zero-order chi connectivity index (χ0) is 24.1. The number of para-hydroxylation sites is 1. The van der Waals surface area contributed by atoms with E-state index < -0.39 is 4.92 Å². The first kappa shape index (κ1) is 23.8. The van der Waals surface area contributed by atoms with Gasteiger partial charge in [0.05, 0.1) is 4.92 Å². The van der Waals surface area contributed by atoms with Gasteiger partial charge in [-0.2, -0.15) is 0 Å². The molecule has 34 heavy (non-hydrogen) atoms. The fraction of sp³-hybridized carbons (Fsp3) is 0.417. The van der Waals surface area contributed by atoms with Gasteiger partial charge < -0.3 is 19.4 Å². The van der Waals surface area contributed by atoms with Crippen LogP contribution in [0.15, 0.2) is 48.5 Å². The van der Waals surface area contributed by atoms with Crippen LogP contribution in [0.25, 0.3) is 0 Å². The number of nitro benzene ring substituents is 1. The van der Waals surface area contributed by atoms with Crippen molar-refractivity contribution in [1.82, 2.24) is 9.80 Å². The van der Waals surface area contributed by atoms with Crippen LogP contribution in [0.3, 0.4) is 0 Å². The number of piperidine rings is 1. The number of halogens is 1. The number of rotatable bonds is 6. The molecule has 2 aromatic carbocycles. The number of nitrogens with zero attached hydrogens (tertiary/aromatic N) is 4. The fourth-order valence-corrected chi connectivity index (χ4v) is 4.63. The van der Waals surface area contributed by atoms with Crippen molar-refractivity contribution in [2.75, 3.05) is 50.8 Å². The third-order valence-electron chi connectivity index (χ3n) is 6.37. The molecule has 2 saturated heterocycles. The molecule has 0 spiro atoms. The molecular weight excluding hydrogens is 460 g/mol. The van der Waals surface area contributed by atoms with Gasteiger partial charge in [0.1, 0.15) is 11.4 Å². The molecule has 4 rings (SSSR count). The van der Waals surface area contributed by atoms with Crippen molar-refractivity contribution in [3.63, 3.8) is 0 Å². The Bertz CT molecular complexity index is 1030. The monoisotopic (exact) mass is 486 g/mol. The van der Waals surface area contributed by atoms with Gasteiger partial charge in [-0.3, -0.25) is 19.7 Å². The van der Waals surface area contributed by atoms with Crippen LogP contribution in [-0.4, -0.2) is 72.4 Å². The number of ether oxygens (including phenoxy) is 1. The second kappa shape index (κ2) is 10.7. The molecule has 180 valence electrons. The van der Waals surface area contributed by atoms with E-state index in [2.05, 4.69) is 0 Å². The van der Waals surface area contributed by atoms with Crippen LogP contribution >= 0.6 is 11.6 Å². The minimum atomic E-state index is -0.432. The first-order chi connectivity index (χ1) is 16.4. The van der Waals surface area contributed by atoms with E-state index in [4.69, 9.17) is 16.3 Å². The van der Waals surface area contributed by atoms with Gasteiger partial charge in [-0.1, -0.05) is 29.8 Å². The van der Waals surface area contributed by atoms with Gasteiger partial charge in [0.2, 0.25) is 5.91 Å². The number of carbonyl (C=O) groups is 2. The minimum Gasteiger partial charge on any atom is -0.484 e. The summed E-state index contributed by atoms with van der Waals surface area (Å²) in [5.41, 5.74) is 0.492. The Balaban J connectivity index is 1.25. The molecule has 2 heterocycles.